The lowest BCUT2D eigenvalue weighted by Crippen LogP contribution is -1.97. The summed E-state index contributed by atoms with van der Waals surface area (Å²) in [5.41, 5.74) is 2.00. The number of thiophene rings is 1. The predicted molar refractivity (Wildman–Crippen MR) is 107 cm³/mol. The number of anilines is 2. The highest BCUT2D eigenvalue weighted by molar-refractivity contribution is 7.21. The van der Waals surface area contributed by atoms with E-state index >= 15 is 0 Å². The van der Waals surface area contributed by atoms with Crippen molar-refractivity contribution in [1.29, 1.82) is 0 Å². The Hall–Kier alpha value is -2.14. The maximum atomic E-state index is 6.11. The van der Waals surface area contributed by atoms with E-state index in [2.05, 4.69) is 33.5 Å². The third-order valence-electron chi connectivity index (χ3n) is 3.75. The second-order valence-electron chi connectivity index (χ2n) is 5.57. The molecule has 0 fully saturated rings. The molecule has 0 atom stereocenters. The van der Waals surface area contributed by atoms with Gasteiger partial charge in [0, 0.05) is 10.6 Å². The predicted octanol–water partition coefficient (Wildman–Crippen LogP) is 6.72. The van der Waals surface area contributed by atoms with E-state index in [9.17, 15) is 0 Å². The Morgan fingerprint density at radius 1 is 0.920 bits per heavy atom. The van der Waals surface area contributed by atoms with Gasteiger partial charge in [-0.3, -0.25) is 0 Å². The molecule has 25 heavy (non-hydrogen) atoms. The molecule has 2 aromatic heterocycles. The van der Waals surface area contributed by atoms with E-state index in [-0.39, 0.29) is 0 Å². The molecule has 2 heterocycles. The van der Waals surface area contributed by atoms with Crippen molar-refractivity contribution in [2.24, 2.45) is 0 Å². The SMILES string of the molecule is Cc1nc(Nc2ccc(Cl)c(Cl)c2)c2cc(-c3ccccc3)sc2n1. The van der Waals surface area contributed by atoms with Crippen LogP contribution >= 0.6 is 34.5 Å². The Labute approximate surface area is 159 Å². The molecule has 6 heteroatoms. The standard InChI is InChI=1S/C19H13Cl2N3S/c1-11-22-18(24-13-7-8-15(20)16(21)9-13)14-10-17(25-19(14)23-11)12-5-3-2-4-6-12/h2-10H,1H3,(H,22,23,24). The Morgan fingerprint density at radius 2 is 1.72 bits per heavy atom. The molecule has 0 aliphatic carbocycles. The van der Waals surface area contributed by atoms with Crippen molar-refractivity contribution in [1.82, 2.24) is 9.97 Å². The first-order valence-corrected chi connectivity index (χ1v) is 9.23. The van der Waals surface area contributed by atoms with Gasteiger partial charge in [0.1, 0.15) is 16.5 Å². The van der Waals surface area contributed by atoms with Crippen molar-refractivity contribution in [3.8, 4) is 10.4 Å². The highest BCUT2D eigenvalue weighted by Gasteiger charge is 2.12. The Balaban J connectivity index is 1.80. The Bertz CT molecular complexity index is 1060. The number of halogens is 2. The zero-order valence-electron chi connectivity index (χ0n) is 13.3. The van der Waals surface area contributed by atoms with Crippen LogP contribution in [0.1, 0.15) is 5.82 Å². The number of rotatable bonds is 3. The number of hydrogen-bond acceptors (Lipinski definition) is 4. The average Bonchev–Trinajstić information content (AvgIpc) is 3.03. The monoisotopic (exact) mass is 385 g/mol. The number of aryl methyl sites for hydroxylation is 1. The molecule has 0 bridgehead atoms. The summed E-state index contributed by atoms with van der Waals surface area (Å²) >= 11 is 13.8. The highest BCUT2D eigenvalue weighted by Crippen LogP contribution is 2.36. The third-order valence-corrected chi connectivity index (χ3v) is 5.56. The lowest BCUT2D eigenvalue weighted by atomic mass is 10.2. The molecule has 0 amide bonds. The second kappa shape index (κ2) is 6.64. The third kappa shape index (κ3) is 3.33. The molecule has 0 saturated carbocycles. The molecule has 4 aromatic rings. The van der Waals surface area contributed by atoms with E-state index in [0.29, 0.717) is 10.0 Å². The van der Waals surface area contributed by atoms with Crippen molar-refractivity contribution in [2.45, 2.75) is 6.92 Å². The number of nitrogens with zero attached hydrogens (tertiary/aromatic N) is 2. The molecule has 3 nitrogen and oxygen atoms in total. The van der Waals surface area contributed by atoms with Crippen molar-refractivity contribution < 1.29 is 0 Å². The zero-order valence-corrected chi connectivity index (χ0v) is 15.6. The molecule has 0 unspecified atom stereocenters. The van der Waals surface area contributed by atoms with E-state index in [1.165, 1.54) is 5.56 Å². The molecule has 2 aromatic carbocycles. The fourth-order valence-corrected chi connectivity index (χ4v) is 3.96. The first-order chi connectivity index (χ1) is 12.1. The summed E-state index contributed by atoms with van der Waals surface area (Å²) in [4.78, 5) is 11.3. The zero-order chi connectivity index (χ0) is 17.4. The van der Waals surface area contributed by atoms with E-state index in [0.717, 1.165) is 32.4 Å². The van der Waals surface area contributed by atoms with E-state index in [1.54, 1.807) is 23.5 Å². The van der Waals surface area contributed by atoms with Gasteiger partial charge in [0.2, 0.25) is 0 Å². The van der Waals surface area contributed by atoms with Gasteiger partial charge in [0.25, 0.3) is 0 Å². The topological polar surface area (TPSA) is 37.8 Å². The van der Waals surface area contributed by atoms with Crippen LogP contribution in [0.5, 0.6) is 0 Å². The van der Waals surface area contributed by atoms with Crippen LogP contribution in [0.4, 0.5) is 11.5 Å². The summed E-state index contributed by atoms with van der Waals surface area (Å²) in [5.74, 6) is 1.48. The Kier molecular flexibility index (Phi) is 4.34. The van der Waals surface area contributed by atoms with Crippen molar-refractivity contribution >= 4 is 56.3 Å². The van der Waals surface area contributed by atoms with Crippen LogP contribution in [0, 0.1) is 6.92 Å². The van der Waals surface area contributed by atoms with E-state index < -0.39 is 0 Å². The van der Waals surface area contributed by atoms with Crippen LogP contribution in [0.25, 0.3) is 20.7 Å². The fourth-order valence-electron chi connectivity index (χ4n) is 2.58. The Morgan fingerprint density at radius 3 is 2.48 bits per heavy atom. The molecule has 0 spiro atoms. The van der Waals surface area contributed by atoms with Crippen LogP contribution in [-0.2, 0) is 0 Å². The average molecular weight is 386 g/mol. The van der Waals surface area contributed by atoms with Crippen LogP contribution in [-0.4, -0.2) is 9.97 Å². The maximum Gasteiger partial charge on any atom is 0.142 e. The summed E-state index contributed by atoms with van der Waals surface area (Å²) in [6.07, 6.45) is 0. The number of fused-ring (bicyclic) bond motifs is 1. The van der Waals surface area contributed by atoms with Crippen LogP contribution in [0.3, 0.4) is 0 Å². The number of nitrogens with one attached hydrogen (secondary N) is 1. The van der Waals surface area contributed by atoms with Crippen LogP contribution < -0.4 is 5.32 Å². The normalized spacial score (nSPS) is 11.0. The van der Waals surface area contributed by atoms with Crippen LogP contribution in [0.15, 0.2) is 54.6 Å². The molecule has 1 N–H and O–H groups in total. The summed E-state index contributed by atoms with van der Waals surface area (Å²) in [6.45, 7) is 1.89. The molecule has 0 radical (unpaired) electrons. The quantitative estimate of drug-likeness (QED) is 0.425. The second-order valence-corrected chi connectivity index (χ2v) is 7.41. The van der Waals surface area contributed by atoms with Gasteiger partial charge in [0.15, 0.2) is 0 Å². The summed E-state index contributed by atoms with van der Waals surface area (Å²) in [7, 11) is 0. The summed E-state index contributed by atoms with van der Waals surface area (Å²) < 4.78 is 0. The molecule has 4 rings (SSSR count). The van der Waals surface area contributed by atoms with E-state index in [4.69, 9.17) is 23.2 Å². The summed E-state index contributed by atoms with van der Waals surface area (Å²) in [5, 5.41) is 5.35. The van der Waals surface area contributed by atoms with E-state index in [1.807, 2.05) is 31.2 Å². The van der Waals surface area contributed by atoms with Gasteiger partial charge in [-0.05, 0) is 36.8 Å². The van der Waals surface area contributed by atoms with Gasteiger partial charge >= 0.3 is 0 Å². The minimum Gasteiger partial charge on any atom is -0.340 e. The number of aromatic nitrogens is 2. The first kappa shape index (κ1) is 16.3. The maximum absolute atomic E-state index is 6.11. The molecular weight excluding hydrogens is 373 g/mol. The van der Waals surface area contributed by atoms with Crippen molar-refractivity contribution in [2.75, 3.05) is 5.32 Å². The van der Waals surface area contributed by atoms with Gasteiger partial charge < -0.3 is 5.32 Å². The minimum atomic E-state index is 0.504. The minimum absolute atomic E-state index is 0.504. The van der Waals surface area contributed by atoms with Crippen molar-refractivity contribution in [3.05, 3.63) is 70.5 Å². The fraction of sp³-hybridized carbons (Fsp3) is 0.0526. The lowest BCUT2D eigenvalue weighted by molar-refractivity contribution is 1.10. The van der Waals surface area contributed by atoms with Gasteiger partial charge in [-0.2, -0.15) is 0 Å². The van der Waals surface area contributed by atoms with Crippen molar-refractivity contribution in [3.63, 3.8) is 0 Å². The highest BCUT2D eigenvalue weighted by atomic mass is 35.5. The first-order valence-electron chi connectivity index (χ1n) is 7.66. The smallest absolute Gasteiger partial charge is 0.142 e. The number of benzene rings is 2. The summed E-state index contributed by atoms with van der Waals surface area (Å²) in [6, 6.07) is 17.8. The van der Waals surface area contributed by atoms with Crippen LogP contribution in [0.2, 0.25) is 10.0 Å². The van der Waals surface area contributed by atoms with Gasteiger partial charge in [-0.1, -0.05) is 53.5 Å². The molecule has 124 valence electrons. The molecule has 0 aliphatic rings. The largest absolute Gasteiger partial charge is 0.340 e. The van der Waals surface area contributed by atoms with Gasteiger partial charge in [0.05, 0.1) is 15.4 Å². The lowest BCUT2D eigenvalue weighted by Gasteiger charge is -2.08. The van der Waals surface area contributed by atoms with Gasteiger partial charge in [-0.25, -0.2) is 9.97 Å². The molecule has 0 saturated heterocycles. The number of hydrogen-bond donors (Lipinski definition) is 1. The van der Waals surface area contributed by atoms with Gasteiger partial charge in [-0.15, -0.1) is 11.3 Å². The molecular formula is C19H13Cl2N3S. The molecule has 0 aliphatic heterocycles.